The lowest BCUT2D eigenvalue weighted by molar-refractivity contribution is -0.142. The molecule has 2 amide bonds. The van der Waals surface area contributed by atoms with Crippen molar-refractivity contribution < 1.29 is 19.4 Å². The molecule has 0 spiro atoms. The molecule has 1 heterocycles. The predicted molar refractivity (Wildman–Crippen MR) is 96.3 cm³/mol. The Morgan fingerprint density at radius 2 is 1.88 bits per heavy atom. The van der Waals surface area contributed by atoms with Crippen LogP contribution in [0.15, 0.2) is 48.7 Å². The number of amides is 2. The minimum absolute atomic E-state index is 0.00134. The average molecular weight is 355 g/mol. The van der Waals surface area contributed by atoms with Gasteiger partial charge in [-0.25, -0.2) is 9.78 Å². The van der Waals surface area contributed by atoms with Crippen LogP contribution >= 0.6 is 0 Å². The monoisotopic (exact) mass is 355 g/mol. The summed E-state index contributed by atoms with van der Waals surface area (Å²) < 4.78 is 5.65. The number of anilines is 1. The first-order valence-corrected chi connectivity index (χ1v) is 8.59. The Morgan fingerprint density at radius 1 is 1.08 bits per heavy atom. The molecule has 3 N–H and O–H groups in total. The molecular formula is C19H21N3O4. The number of carbonyl (C=O) groups is 2. The Hall–Kier alpha value is -3.09. The first-order chi connectivity index (χ1) is 12.6. The average Bonchev–Trinajstić information content (AvgIpc) is 2.63. The number of ether oxygens (including phenoxy) is 1. The fraction of sp³-hybridized carbons (Fsp3) is 0.316. The molecule has 1 fully saturated rings. The highest BCUT2D eigenvalue weighted by molar-refractivity contribution is 5.89. The number of nitrogens with one attached hydrogen (secondary N) is 2. The lowest BCUT2D eigenvalue weighted by atomic mass is 9.86. The third-order valence-corrected chi connectivity index (χ3v) is 4.36. The van der Waals surface area contributed by atoms with E-state index < -0.39 is 5.97 Å². The van der Waals surface area contributed by atoms with Crippen molar-refractivity contribution in [2.45, 2.75) is 31.7 Å². The quantitative estimate of drug-likeness (QED) is 0.760. The van der Waals surface area contributed by atoms with Crippen LogP contribution in [-0.4, -0.2) is 28.1 Å². The predicted octanol–water partition coefficient (Wildman–Crippen LogP) is 3.64. The maximum atomic E-state index is 12.2. The molecule has 0 unspecified atom stereocenters. The number of aliphatic carboxylic acids is 1. The van der Waals surface area contributed by atoms with Crippen LogP contribution in [0.3, 0.4) is 0 Å². The van der Waals surface area contributed by atoms with Crippen LogP contribution in [0.2, 0.25) is 0 Å². The van der Waals surface area contributed by atoms with E-state index >= 15 is 0 Å². The number of pyridine rings is 1. The second kappa shape index (κ2) is 8.33. The highest BCUT2D eigenvalue weighted by Gasteiger charge is 2.26. The molecule has 1 saturated carbocycles. The van der Waals surface area contributed by atoms with E-state index in [1.54, 1.807) is 42.6 Å². The number of carboxylic acids is 1. The number of nitrogens with zero attached hydrogens (tertiary/aromatic N) is 1. The molecule has 1 aliphatic carbocycles. The fourth-order valence-electron chi connectivity index (χ4n) is 3.00. The van der Waals surface area contributed by atoms with E-state index in [2.05, 4.69) is 15.6 Å². The zero-order valence-corrected chi connectivity index (χ0v) is 14.2. The molecule has 0 radical (unpaired) electrons. The normalized spacial score (nSPS) is 19.4. The summed E-state index contributed by atoms with van der Waals surface area (Å²) in [4.78, 5) is 27.2. The van der Waals surface area contributed by atoms with Gasteiger partial charge in [-0.2, -0.15) is 0 Å². The van der Waals surface area contributed by atoms with Crippen LogP contribution in [-0.2, 0) is 4.79 Å². The first kappa shape index (κ1) is 17.7. The molecular weight excluding hydrogens is 334 g/mol. The van der Waals surface area contributed by atoms with Gasteiger partial charge in [-0.3, -0.25) is 4.79 Å². The molecule has 136 valence electrons. The van der Waals surface area contributed by atoms with Gasteiger partial charge in [-0.05, 0) is 43.9 Å². The van der Waals surface area contributed by atoms with Crippen molar-refractivity contribution in [1.82, 2.24) is 10.3 Å². The minimum atomic E-state index is -0.752. The standard InChI is InChI=1S/C19H21N3O4/c23-18(24)13-7-9-14(10-8-13)21-19(25)22-15-4-3-5-16(12-15)26-17-6-1-2-11-20-17/h1-6,11-14H,7-10H2,(H,23,24)(H2,21,22,25). The fourth-order valence-corrected chi connectivity index (χ4v) is 3.00. The summed E-state index contributed by atoms with van der Waals surface area (Å²) in [7, 11) is 0. The number of hydrogen-bond acceptors (Lipinski definition) is 4. The third kappa shape index (κ3) is 4.95. The van der Waals surface area contributed by atoms with Crippen LogP contribution in [0, 0.1) is 5.92 Å². The zero-order valence-electron chi connectivity index (χ0n) is 14.2. The van der Waals surface area contributed by atoms with Gasteiger partial charge in [0.15, 0.2) is 0 Å². The molecule has 1 aliphatic rings. The van der Waals surface area contributed by atoms with Gasteiger partial charge in [0.25, 0.3) is 0 Å². The van der Waals surface area contributed by atoms with Gasteiger partial charge >= 0.3 is 12.0 Å². The maximum Gasteiger partial charge on any atom is 0.319 e. The number of urea groups is 1. The van der Waals surface area contributed by atoms with Gasteiger partial charge < -0.3 is 20.5 Å². The summed E-state index contributed by atoms with van der Waals surface area (Å²) in [5.74, 6) is 0.00178. The van der Waals surface area contributed by atoms with Crippen LogP contribution in [0.4, 0.5) is 10.5 Å². The second-order valence-corrected chi connectivity index (χ2v) is 6.28. The van der Waals surface area contributed by atoms with Gasteiger partial charge in [-0.1, -0.05) is 12.1 Å². The van der Waals surface area contributed by atoms with E-state index in [1.807, 2.05) is 6.07 Å². The lowest BCUT2D eigenvalue weighted by Gasteiger charge is -2.26. The summed E-state index contributed by atoms with van der Waals surface area (Å²) in [6.45, 7) is 0. The topological polar surface area (TPSA) is 101 Å². The molecule has 0 aliphatic heterocycles. The SMILES string of the molecule is O=C(Nc1cccc(Oc2ccccn2)c1)NC1CCC(C(=O)O)CC1. The van der Waals surface area contributed by atoms with E-state index in [4.69, 9.17) is 9.84 Å². The summed E-state index contributed by atoms with van der Waals surface area (Å²) in [5, 5.41) is 14.7. The molecule has 1 aromatic carbocycles. The van der Waals surface area contributed by atoms with Crippen LogP contribution < -0.4 is 15.4 Å². The number of carboxylic acid groups (broad SMARTS) is 1. The summed E-state index contributed by atoms with van der Waals surface area (Å²) in [6, 6.07) is 12.1. The molecule has 26 heavy (non-hydrogen) atoms. The van der Waals surface area contributed by atoms with Crippen LogP contribution in [0.1, 0.15) is 25.7 Å². The van der Waals surface area contributed by atoms with Crippen LogP contribution in [0.5, 0.6) is 11.6 Å². The molecule has 0 atom stereocenters. The summed E-state index contributed by atoms with van der Waals surface area (Å²) in [6.07, 6.45) is 4.17. The number of aromatic nitrogens is 1. The Kier molecular flexibility index (Phi) is 5.68. The van der Waals surface area contributed by atoms with E-state index in [1.165, 1.54) is 0 Å². The van der Waals surface area contributed by atoms with Crippen molar-refractivity contribution in [3.05, 3.63) is 48.7 Å². The molecule has 0 bridgehead atoms. The van der Waals surface area contributed by atoms with Crippen LogP contribution in [0.25, 0.3) is 0 Å². The van der Waals surface area contributed by atoms with Crippen molar-refractivity contribution >= 4 is 17.7 Å². The highest BCUT2D eigenvalue weighted by Crippen LogP contribution is 2.25. The molecule has 7 nitrogen and oxygen atoms in total. The van der Waals surface area contributed by atoms with Gasteiger partial charge in [0.05, 0.1) is 5.92 Å². The van der Waals surface area contributed by atoms with Gasteiger partial charge in [0.2, 0.25) is 5.88 Å². The highest BCUT2D eigenvalue weighted by atomic mass is 16.5. The minimum Gasteiger partial charge on any atom is -0.481 e. The Labute approximate surface area is 151 Å². The van der Waals surface area contributed by atoms with E-state index in [9.17, 15) is 9.59 Å². The van der Waals surface area contributed by atoms with Crippen molar-refractivity contribution in [2.75, 3.05) is 5.32 Å². The van der Waals surface area contributed by atoms with Crippen molar-refractivity contribution in [2.24, 2.45) is 5.92 Å². The number of carbonyl (C=O) groups excluding carboxylic acids is 1. The molecule has 3 rings (SSSR count). The number of hydrogen-bond donors (Lipinski definition) is 3. The third-order valence-electron chi connectivity index (χ3n) is 4.36. The van der Waals surface area contributed by atoms with Crippen molar-refractivity contribution in [3.8, 4) is 11.6 Å². The number of rotatable bonds is 5. The molecule has 0 saturated heterocycles. The Bertz CT molecular complexity index is 758. The van der Waals surface area contributed by atoms with E-state index in [-0.39, 0.29) is 18.0 Å². The Balaban J connectivity index is 1.52. The largest absolute Gasteiger partial charge is 0.481 e. The zero-order chi connectivity index (χ0) is 18.4. The van der Waals surface area contributed by atoms with Gasteiger partial charge in [-0.15, -0.1) is 0 Å². The molecule has 2 aromatic rings. The molecule has 7 heteroatoms. The smallest absolute Gasteiger partial charge is 0.319 e. The summed E-state index contributed by atoms with van der Waals surface area (Å²) >= 11 is 0. The first-order valence-electron chi connectivity index (χ1n) is 8.59. The Morgan fingerprint density at radius 3 is 2.58 bits per heavy atom. The van der Waals surface area contributed by atoms with Crippen molar-refractivity contribution in [3.63, 3.8) is 0 Å². The van der Waals surface area contributed by atoms with E-state index in [0.717, 1.165) is 0 Å². The number of benzene rings is 1. The van der Waals surface area contributed by atoms with Gasteiger partial charge in [0, 0.05) is 30.1 Å². The van der Waals surface area contributed by atoms with Crippen molar-refractivity contribution in [1.29, 1.82) is 0 Å². The second-order valence-electron chi connectivity index (χ2n) is 6.28. The van der Waals surface area contributed by atoms with E-state index in [0.29, 0.717) is 43.0 Å². The lowest BCUT2D eigenvalue weighted by Crippen LogP contribution is -2.40. The summed E-state index contributed by atoms with van der Waals surface area (Å²) in [5.41, 5.74) is 0.607. The molecule has 1 aromatic heterocycles. The maximum absolute atomic E-state index is 12.2. The van der Waals surface area contributed by atoms with Gasteiger partial charge in [0.1, 0.15) is 5.75 Å².